The van der Waals surface area contributed by atoms with Crippen LogP contribution in [-0.2, 0) is 6.42 Å². The molecule has 7 heteroatoms. The van der Waals surface area contributed by atoms with E-state index in [-0.39, 0.29) is 17.6 Å². The monoisotopic (exact) mass is 265 g/mol. The second-order valence-electron chi connectivity index (χ2n) is 3.80. The predicted octanol–water partition coefficient (Wildman–Crippen LogP) is 1.69. The smallest absolute Gasteiger partial charge is 0.239 e. The molecule has 0 unspecified atom stereocenters. The van der Waals surface area contributed by atoms with Crippen molar-refractivity contribution in [3.8, 4) is 0 Å². The van der Waals surface area contributed by atoms with Crippen molar-refractivity contribution in [2.45, 2.75) is 6.42 Å². The minimum atomic E-state index is -0.590. The summed E-state index contributed by atoms with van der Waals surface area (Å²) >= 11 is 0. The van der Waals surface area contributed by atoms with Crippen molar-refractivity contribution in [2.75, 3.05) is 17.3 Å². The van der Waals surface area contributed by atoms with E-state index in [0.717, 1.165) is 6.20 Å². The Morgan fingerprint density at radius 1 is 1.16 bits per heavy atom. The number of nitrogens with one attached hydrogen (secondary N) is 2. The Labute approximate surface area is 108 Å². The number of hydrazine groups is 1. The minimum Gasteiger partial charge on any atom is -0.367 e. The summed E-state index contributed by atoms with van der Waals surface area (Å²) in [5, 5.41) is 2.78. The van der Waals surface area contributed by atoms with Gasteiger partial charge in [-0.1, -0.05) is 18.2 Å². The lowest BCUT2D eigenvalue weighted by Gasteiger charge is -2.08. The van der Waals surface area contributed by atoms with E-state index in [1.54, 1.807) is 18.2 Å². The zero-order valence-electron chi connectivity index (χ0n) is 10.0. The number of nitrogen functional groups attached to an aromatic ring is 1. The van der Waals surface area contributed by atoms with Gasteiger partial charge in [0.15, 0.2) is 11.6 Å². The Kier molecular flexibility index (Phi) is 4.19. The van der Waals surface area contributed by atoms with Crippen LogP contribution in [0.1, 0.15) is 5.56 Å². The van der Waals surface area contributed by atoms with Gasteiger partial charge in [0.05, 0.1) is 6.20 Å². The normalized spacial score (nSPS) is 10.3. The number of hydrogen-bond acceptors (Lipinski definition) is 5. The van der Waals surface area contributed by atoms with Crippen LogP contribution in [0.25, 0.3) is 0 Å². The minimum absolute atomic E-state index is 0.0271. The molecule has 0 radical (unpaired) electrons. The van der Waals surface area contributed by atoms with Crippen molar-refractivity contribution in [2.24, 2.45) is 5.84 Å². The molecule has 1 aromatic heterocycles. The molecule has 0 atom stereocenters. The van der Waals surface area contributed by atoms with Crippen LogP contribution < -0.4 is 16.6 Å². The highest BCUT2D eigenvalue weighted by Crippen LogP contribution is 2.12. The molecule has 0 aliphatic carbocycles. The number of nitrogens with two attached hydrogens (primary N) is 1. The van der Waals surface area contributed by atoms with Crippen LogP contribution in [0, 0.1) is 11.6 Å². The number of rotatable bonds is 5. The maximum absolute atomic E-state index is 13.4. The van der Waals surface area contributed by atoms with Gasteiger partial charge in [-0.3, -0.25) is 5.43 Å². The van der Waals surface area contributed by atoms with Gasteiger partial charge in [0, 0.05) is 6.54 Å². The van der Waals surface area contributed by atoms with Crippen molar-refractivity contribution >= 4 is 11.8 Å². The molecule has 5 nitrogen and oxygen atoms in total. The van der Waals surface area contributed by atoms with Crippen molar-refractivity contribution in [1.29, 1.82) is 0 Å². The van der Waals surface area contributed by atoms with Gasteiger partial charge < -0.3 is 5.32 Å². The molecule has 0 bridgehead atoms. The van der Waals surface area contributed by atoms with Crippen LogP contribution in [0.3, 0.4) is 0 Å². The van der Waals surface area contributed by atoms with Crippen LogP contribution in [0.15, 0.2) is 30.5 Å². The zero-order valence-corrected chi connectivity index (χ0v) is 10.0. The van der Waals surface area contributed by atoms with Crippen LogP contribution >= 0.6 is 0 Å². The third-order valence-electron chi connectivity index (χ3n) is 2.52. The molecule has 2 aromatic rings. The van der Waals surface area contributed by atoms with Crippen LogP contribution in [0.2, 0.25) is 0 Å². The zero-order chi connectivity index (χ0) is 13.7. The van der Waals surface area contributed by atoms with E-state index in [4.69, 9.17) is 5.84 Å². The van der Waals surface area contributed by atoms with Crippen molar-refractivity contribution in [3.63, 3.8) is 0 Å². The summed E-state index contributed by atoms with van der Waals surface area (Å²) in [5.41, 5.74) is 2.78. The molecule has 0 aliphatic rings. The molecule has 0 aliphatic heterocycles. The maximum atomic E-state index is 13.4. The summed E-state index contributed by atoms with van der Waals surface area (Å²) in [4.78, 5) is 7.43. The summed E-state index contributed by atoms with van der Waals surface area (Å²) in [6.07, 6.45) is 1.43. The van der Waals surface area contributed by atoms with E-state index in [2.05, 4.69) is 20.7 Å². The standard InChI is InChI=1S/C12H13F2N5/c13-9-4-2-1-3-8(9)5-6-16-11-10(14)7-17-12(18-11)19-15/h1-4,7H,5-6,15H2,(H2,16,17,18,19). The van der Waals surface area contributed by atoms with Gasteiger partial charge in [-0.15, -0.1) is 0 Å². The average molecular weight is 265 g/mol. The largest absolute Gasteiger partial charge is 0.367 e. The molecular weight excluding hydrogens is 252 g/mol. The number of nitrogens with zero attached hydrogens (tertiary/aromatic N) is 2. The average Bonchev–Trinajstić information content (AvgIpc) is 2.43. The first-order chi connectivity index (χ1) is 9.20. The molecule has 0 amide bonds. The molecule has 19 heavy (non-hydrogen) atoms. The fourth-order valence-corrected chi connectivity index (χ4v) is 1.58. The summed E-state index contributed by atoms with van der Waals surface area (Å²) in [5.74, 6) is 4.40. The van der Waals surface area contributed by atoms with Crippen LogP contribution in [-0.4, -0.2) is 16.5 Å². The molecule has 2 rings (SSSR count). The lowest BCUT2D eigenvalue weighted by Crippen LogP contribution is -2.14. The van der Waals surface area contributed by atoms with E-state index < -0.39 is 5.82 Å². The van der Waals surface area contributed by atoms with Gasteiger partial charge in [0.25, 0.3) is 0 Å². The lowest BCUT2D eigenvalue weighted by molar-refractivity contribution is 0.608. The second-order valence-corrected chi connectivity index (χ2v) is 3.80. The summed E-state index contributed by atoms with van der Waals surface area (Å²) in [7, 11) is 0. The van der Waals surface area contributed by atoms with E-state index >= 15 is 0 Å². The SMILES string of the molecule is NNc1ncc(F)c(NCCc2ccccc2F)n1. The number of anilines is 2. The van der Waals surface area contributed by atoms with E-state index in [1.165, 1.54) is 6.07 Å². The van der Waals surface area contributed by atoms with Crippen molar-refractivity contribution < 1.29 is 8.78 Å². The van der Waals surface area contributed by atoms with Gasteiger partial charge >= 0.3 is 0 Å². The fraction of sp³-hybridized carbons (Fsp3) is 0.167. The molecule has 1 aromatic carbocycles. The number of benzene rings is 1. The predicted molar refractivity (Wildman–Crippen MR) is 68.4 cm³/mol. The van der Waals surface area contributed by atoms with Crippen molar-refractivity contribution in [1.82, 2.24) is 9.97 Å². The third kappa shape index (κ3) is 3.35. The first kappa shape index (κ1) is 13.2. The molecule has 0 saturated carbocycles. The second kappa shape index (κ2) is 6.05. The Balaban J connectivity index is 1.98. The topological polar surface area (TPSA) is 75.9 Å². The van der Waals surface area contributed by atoms with Crippen LogP contribution in [0.4, 0.5) is 20.5 Å². The Morgan fingerprint density at radius 3 is 2.68 bits per heavy atom. The summed E-state index contributed by atoms with van der Waals surface area (Å²) in [6, 6.07) is 6.44. The van der Waals surface area contributed by atoms with E-state index in [1.807, 2.05) is 0 Å². The molecular formula is C12H13F2N5. The highest BCUT2D eigenvalue weighted by molar-refractivity contribution is 5.40. The van der Waals surface area contributed by atoms with Crippen molar-refractivity contribution in [3.05, 3.63) is 47.7 Å². The van der Waals surface area contributed by atoms with Gasteiger partial charge in [0.2, 0.25) is 5.95 Å². The van der Waals surface area contributed by atoms with Crippen LogP contribution in [0.5, 0.6) is 0 Å². The van der Waals surface area contributed by atoms with E-state index in [0.29, 0.717) is 18.5 Å². The molecule has 1 heterocycles. The summed E-state index contributed by atoms with van der Waals surface area (Å²) < 4.78 is 26.7. The highest BCUT2D eigenvalue weighted by atomic mass is 19.1. The first-order valence-electron chi connectivity index (χ1n) is 5.67. The Hall–Kier alpha value is -2.28. The molecule has 0 fully saturated rings. The van der Waals surface area contributed by atoms with Gasteiger partial charge in [-0.05, 0) is 18.1 Å². The third-order valence-corrected chi connectivity index (χ3v) is 2.52. The molecule has 4 N–H and O–H groups in total. The van der Waals surface area contributed by atoms with E-state index in [9.17, 15) is 8.78 Å². The number of aromatic nitrogens is 2. The number of hydrogen-bond donors (Lipinski definition) is 3. The first-order valence-corrected chi connectivity index (χ1v) is 5.67. The van der Waals surface area contributed by atoms with Gasteiger partial charge in [-0.2, -0.15) is 4.98 Å². The maximum Gasteiger partial charge on any atom is 0.239 e. The highest BCUT2D eigenvalue weighted by Gasteiger charge is 2.06. The fourth-order valence-electron chi connectivity index (χ4n) is 1.58. The lowest BCUT2D eigenvalue weighted by atomic mass is 10.1. The number of halogens is 2. The molecule has 0 spiro atoms. The Bertz CT molecular complexity index is 562. The Morgan fingerprint density at radius 2 is 1.95 bits per heavy atom. The van der Waals surface area contributed by atoms with Gasteiger partial charge in [-0.25, -0.2) is 19.6 Å². The molecule has 0 saturated heterocycles. The van der Waals surface area contributed by atoms with Gasteiger partial charge in [0.1, 0.15) is 5.82 Å². The quantitative estimate of drug-likeness (QED) is 0.566. The summed E-state index contributed by atoms with van der Waals surface area (Å²) in [6.45, 7) is 0.346. The molecule has 100 valence electrons.